The Balaban J connectivity index is 1.89. The summed E-state index contributed by atoms with van der Waals surface area (Å²) in [6, 6.07) is 8.92. The molecule has 2 atom stereocenters. The van der Waals surface area contributed by atoms with Gasteiger partial charge in [-0.05, 0) is 50.3 Å². The Bertz CT molecular complexity index is 365. The van der Waals surface area contributed by atoms with Crippen LogP contribution in [-0.2, 0) is 0 Å². The predicted octanol–water partition coefficient (Wildman–Crippen LogP) is 3.40. The number of anilines is 1. The van der Waals surface area contributed by atoms with Gasteiger partial charge in [-0.25, -0.2) is 0 Å². The summed E-state index contributed by atoms with van der Waals surface area (Å²) in [6.45, 7) is 4.46. The first-order chi connectivity index (χ1) is 8.15. The predicted molar refractivity (Wildman–Crippen MR) is 77.3 cm³/mol. The van der Waals surface area contributed by atoms with Crippen molar-refractivity contribution in [2.45, 2.75) is 32.2 Å². The monoisotopic (exact) mass is 296 g/mol. The Morgan fingerprint density at radius 1 is 1.53 bits per heavy atom. The Morgan fingerprint density at radius 3 is 3.06 bits per heavy atom. The topological polar surface area (TPSA) is 29.3 Å². The molecule has 1 heterocycles. The van der Waals surface area contributed by atoms with E-state index in [9.17, 15) is 0 Å². The van der Waals surface area contributed by atoms with Gasteiger partial charge in [0.25, 0.3) is 0 Å². The molecule has 2 rings (SSSR count). The molecular weight excluding hydrogens is 276 g/mol. The maximum atomic E-state index is 5.82. The minimum atomic E-state index is 0.343. The van der Waals surface area contributed by atoms with Crippen molar-refractivity contribution >= 4 is 21.6 Å². The van der Waals surface area contributed by atoms with Crippen molar-refractivity contribution in [3.8, 4) is 0 Å². The third-order valence-electron chi connectivity index (χ3n) is 3.49. The van der Waals surface area contributed by atoms with Crippen LogP contribution in [0.4, 0.5) is 5.69 Å². The van der Waals surface area contributed by atoms with Gasteiger partial charge in [0.2, 0.25) is 0 Å². The zero-order valence-electron chi connectivity index (χ0n) is 10.4. The molecule has 0 aliphatic carbocycles. The van der Waals surface area contributed by atoms with Gasteiger partial charge in [-0.2, -0.15) is 0 Å². The highest BCUT2D eigenvalue weighted by molar-refractivity contribution is 9.10. The quantitative estimate of drug-likeness (QED) is 0.923. The lowest BCUT2D eigenvalue weighted by molar-refractivity contribution is 0.483. The molecule has 1 saturated heterocycles. The second-order valence-corrected chi connectivity index (χ2v) is 6.05. The molecule has 0 amide bonds. The van der Waals surface area contributed by atoms with E-state index < -0.39 is 0 Å². The van der Waals surface area contributed by atoms with Crippen molar-refractivity contribution in [1.29, 1.82) is 0 Å². The molecule has 94 valence electrons. The third kappa shape index (κ3) is 3.71. The largest absolute Gasteiger partial charge is 0.371 e. The van der Waals surface area contributed by atoms with Crippen LogP contribution in [0.2, 0.25) is 0 Å². The molecular formula is C14H21BrN2. The van der Waals surface area contributed by atoms with Crippen molar-refractivity contribution in [3.63, 3.8) is 0 Å². The SMILES string of the molecule is CC(N)CCC1CCN(c2cccc(Br)c2)C1. The fourth-order valence-corrected chi connectivity index (χ4v) is 2.86. The van der Waals surface area contributed by atoms with Gasteiger partial charge in [0, 0.05) is 29.3 Å². The molecule has 1 aromatic carbocycles. The van der Waals surface area contributed by atoms with Gasteiger partial charge in [0.1, 0.15) is 0 Å². The van der Waals surface area contributed by atoms with Crippen molar-refractivity contribution in [3.05, 3.63) is 28.7 Å². The van der Waals surface area contributed by atoms with Gasteiger partial charge in [0.05, 0.1) is 0 Å². The van der Waals surface area contributed by atoms with Gasteiger partial charge in [-0.1, -0.05) is 22.0 Å². The van der Waals surface area contributed by atoms with E-state index in [1.807, 2.05) is 0 Å². The van der Waals surface area contributed by atoms with E-state index in [-0.39, 0.29) is 0 Å². The molecule has 1 fully saturated rings. The Hall–Kier alpha value is -0.540. The average Bonchev–Trinajstić information content (AvgIpc) is 2.75. The van der Waals surface area contributed by atoms with Crippen LogP contribution in [0.3, 0.4) is 0 Å². The van der Waals surface area contributed by atoms with Crippen molar-refractivity contribution in [2.24, 2.45) is 11.7 Å². The van der Waals surface area contributed by atoms with Crippen LogP contribution < -0.4 is 10.6 Å². The molecule has 0 aromatic heterocycles. The van der Waals surface area contributed by atoms with Crippen molar-refractivity contribution in [1.82, 2.24) is 0 Å². The maximum Gasteiger partial charge on any atom is 0.0377 e. The molecule has 0 saturated carbocycles. The van der Waals surface area contributed by atoms with Gasteiger partial charge in [-0.3, -0.25) is 0 Å². The first-order valence-electron chi connectivity index (χ1n) is 6.41. The number of hydrogen-bond acceptors (Lipinski definition) is 2. The summed E-state index contributed by atoms with van der Waals surface area (Å²) in [7, 11) is 0. The second-order valence-electron chi connectivity index (χ2n) is 5.14. The molecule has 2 unspecified atom stereocenters. The first kappa shape index (κ1) is 12.9. The van der Waals surface area contributed by atoms with E-state index in [2.05, 4.69) is 52.0 Å². The van der Waals surface area contributed by atoms with E-state index in [0.717, 1.165) is 16.8 Å². The summed E-state index contributed by atoms with van der Waals surface area (Å²) in [5.41, 5.74) is 7.15. The highest BCUT2D eigenvalue weighted by Gasteiger charge is 2.22. The van der Waals surface area contributed by atoms with Crippen molar-refractivity contribution in [2.75, 3.05) is 18.0 Å². The van der Waals surface area contributed by atoms with Crippen LogP contribution in [0, 0.1) is 5.92 Å². The Morgan fingerprint density at radius 2 is 2.35 bits per heavy atom. The summed E-state index contributed by atoms with van der Waals surface area (Å²) in [5.74, 6) is 0.819. The van der Waals surface area contributed by atoms with Crippen LogP contribution >= 0.6 is 15.9 Å². The summed E-state index contributed by atoms with van der Waals surface area (Å²) >= 11 is 3.53. The Kier molecular flexibility index (Phi) is 4.46. The minimum Gasteiger partial charge on any atom is -0.371 e. The maximum absolute atomic E-state index is 5.82. The Labute approximate surface area is 112 Å². The molecule has 1 aliphatic heterocycles. The number of hydrogen-bond donors (Lipinski definition) is 1. The molecule has 2 N–H and O–H groups in total. The lowest BCUT2D eigenvalue weighted by atomic mass is 10.0. The minimum absolute atomic E-state index is 0.343. The fraction of sp³-hybridized carbons (Fsp3) is 0.571. The molecule has 1 aliphatic rings. The van der Waals surface area contributed by atoms with E-state index in [4.69, 9.17) is 5.73 Å². The number of nitrogens with zero attached hydrogens (tertiary/aromatic N) is 1. The van der Waals surface area contributed by atoms with Crippen LogP contribution in [0.5, 0.6) is 0 Å². The van der Waals surface area contributed by atoms with Gasteiger partial charge in [0.15, 0.2) is 0 Å². The lowest BCUT2D eigenvalue weighted by Gasteiger charge is -2.19. The highest BCUT2D eigenvalue weighted by Crippen LogP contribution is 2.28. The fourth-order valence-electron chi connectivity index (χ4n) is 2.47. The smallest absolute Gasteiger partial charge is 0.0377 e. The normalized spacial score (nSPS) is 21.8. The molecule has 0 spiro atoms. The van der Waals surface area contributed by atoms with Gasteiger partial charge in [-0.15, -0.1) is 0 Å². The number of nitrogens with two attached hydrogens (primary N) is 1. The van der Waals surface area contributed by atoms with Crippen LogP contribution in [0.15, 0.2) is 28.7 Å². The number of halogens is 1. The average molecular weight is 297 g/mol. The molecule has 3 heteroatoms. The summed E-state index contributed by atoms with van der Waals surface area (Å²) in [6.07, 6.45) is 3.72. The summed E-state index contributed by atoms with van der Waals surface area (Å²) in [4.78, 5) is 2.48. The molecule has 1 aromatic rings. The van der Waals surface area contributed by atoms with Crippen molar-refractivity contribution < 1.29 is 0 Å². The number of rotatable bonds is 4. The molecule has 2 nitrogen and oxygen atoms in total. The van der Waals surface area contributed by atoms with Gasteiger partial charge < -0.3 is 10.6 Å². The van der Waals surface area contributed by atoms with Crippen LogP contribution in [-0.4, -0.2) is 19.1 Å². The summed E-state index contributed by atoms with van der Waals surface area (Å²) in [5, 5.41) is 0. The zero-order chi connectivity index (χ0) is 12.3. The van der Waals surface area contributed by atoms with Gasteiger partial charge >= 0.3 is 0 Å². The standard InChI is InChI=1S/C14H21BrN2/c1-11(16)5-6-12-7-8-17(10-12)14-4-2-3-13(15)9-14/h2-4,9,11-12H,5-8,10,16H2,1H3. The molecule has 0 radical (unpaired) electrons. The molecule has 17 heavy (non-hydrogen) atoms. The van der Waals surface area contributed by atoms with Crippen LogP contribution in [0.1, 0.15) is 26.2 Å². The first-order valence-corrected chi connectivity index (χ1v) is 7.20. The lowest BCUT2D eigenvalue weighted by Crippen LogP contribution is -2.21. The summed E-state index contributed by atoms with van der Waals surface area (Å²) < 4.78 is 1.16. The second kappa shape index (κ2) is 5.87. The van der Waals surface area contributed by atoms with E-state index >= 15 is 0 Å². The van der Waals surface area contributed by atoms with E-state index in [1.165, 1.54) is 31.6 Å². The molecule has 0 bridgehead atoms. The van der Waals surface area contributed by atoms with E-state index in [0.29, 0.717) is 6.04 Å². The van der Waals surface area contributed by atoms with E-state index in [1.54, 1.807) is 0 Å². The zero-order valence-corrected chi connectivity index (χ0v) is 12.0. The number of benzene rings is 1. The van der Waals surface area contributed by atoms with Crippen LogP contribution in [0.25, 0.3) is 0 Å². The third-order valence-corrected chi connectivity index (χ3v) is 3.98. The highest BCUT2D eigenvalue weighted by atomic mass is 79.9.